The quantitative estimate of drug-likeness (QED) is 0.399. The van der Waals surface area contributed by atoms with E-state index < -0.39 is 47.5 Å². The third-order valence-electron chi connectivity index (χ3n) is 6.84. The van der Waals surface area contributed by atoms with Crippen LogP contribution in [0.5, 0.6) is 11.6 Å². The van der Waals surface area contributed by atoms with Crippen molar-refractivity contribution in [2.45, 2.75) is 25.9 Å². The Labute approximate surface area is 233 Å². The van der Waals surface area contributed by atoms with Gasteiger partial charge in [-0.2, -0.15) is 13.2 Å². The average Bonchev–Trinajstić information content (AvgIpc) is 2.95. The first-order valence-electron chi connectivity index (χ1n) is 12.8. The molecule has 12 heteroatoms. The van der Waals surface area contributed by atoms with Crippen molar-refractivity contribution in [3.05, 3.63) is 83.0 Å². The van der Waals surface area contributed by atoms with Crippen LogP contribution in [-0.4, -0.2) is 64.1 Å². The minimum atomic E-state index is -4.76. The van der Waals surface area contributed by atoms with Gasteiger partial charge >= 0.3 is 12.1 Å². The summed E-state index contributed by atoms with van der Waals surface area (Å²) in [6.07, 6.45) is -2.47. The smallest absolute Gasteiger partial charge is 0.421 e. The minimum absolute atomic E-state index is 0.0133. The summed E-state index contributed by atoms with van der Waals surface area (Å²) in [6, 6.07) is 11.8. The zero-order chi connectivity index (χ0) is 29.7. The fraction of sp³-hybridized carbons (Fsp3) is 0.310. The largest absolute Gasteiger partial charge is 0.478 e. The Morgan fingerprint density at radius 2 is 1.76 bits per heavy atom. The Bertz CT molecular complexity index is 1420. The summed E-state index contributed by atoms with van der Waals surface area (Å²) < 4.78 is 45.6. The number of piperidine rings is 1. The Hall–Kier alpha value is -4.45. The highest BCUT2D eigenvalue weighted by atomic mass is 19.4. The number of aliphatic hydroxyl groups is 1. The van der Waals surface area contributed by atoms with Crippen molar-refractivity contribution < 1.29 is 42.5 Å². The maximum absolute atomic E-state index is 13.6. The van der Waals surface area contributed by atoms with E-state index in [4.69, 9.17) is 4.74 Å². The number of hydrogen-bond donors (Lipinski definition) is 2. The summed E-state index contributed by atoms with van der Waals surface area (Å²) in [4.78, 5) is 45.4. The lowest BCUT2D eigenvalue weighted by Gasteiger charge is -2.33. The Balaban J connectivity index is 1.70. The second-order valence-corrected chi connectivity index (χ2v) is 9.70. The van der Waals surface area contributed by atoms with Crippen LogP contribution in [0.1, 0.15) is 44.7 Å². The summed E-state index contributed by atoms with van der Waals surface area (Å²) in [7, 11) is 0. The van der Waals surface area contributed by atoms with Gasteiger partial charge in [0.25, 0.3) is 5.91 Å². The van der Waals surface area contributed by atoms with Crippen LogP contribution >= 0.6 is 0 Å². The highest BCUT2D eigenvalue weighted by Gasteiger charge is 2.35. The Morgan fingerprint density at radius 3 is 2.37 bits per heavy atom. The molecule has 1 aliphatic rings. The van der Waals surface area contributed by atoms with Crippen molar-refractivity contribution in [3.63, 3.8) is 0 Å². The number of amides is 2. The van der Waals surface area contributed by atoms with Gasteiger partial charge in [-0.1, -0.05) is 17.7 Å². The number of pyridine rings is 1. The fourth-order valence-electron chi connectivity index (χ4n) is 4.50. The van der Waals surface area contributed by atoms with Gasteiger partial charge in [0.2, 0.25) is 11.8 Å². The van der Waals surface area contributed by atoms with E-state index in [0.29, 0.717) is 25.9 Å². The van der Waals surface area contributed by atoms with E-state index in [1.54, 1.807) is 29.2 Å². The third kappa shape index (κ3) is 7.01. The molecule has 0 saturated carbocycles. The van der Waals surface area contributed by atoms with Gasteiger partial charge in [0.05, 0.1) is 11.3 Å². The van der Waals surface area contributed by atoms with Gasteiger partial charge in [-0.15, -0.1) is 0 Å². The van der Waals surface area contributed by atoms with Crippen LogP contribution in [0.4, 0.5) is 18.9 Å². The predicted molar refractivity (Wildman–Crippen MR) is 142 cm³/mol. The maximum atomic E-state index is 13.6. The Morgan fingerprint density at radius 1 is 1.07 bits per heavy atom. The van der Waals surface area contributed by atoms with E-state index >= 15 is 0 Å². The standard InChI is InChI=1S/C29H28F3N3O6/c1-18-4-6-20(7-5-18)27(38)35(16-25(37)34-13-10-19(17-36)11-14-34)24-9-8-21(15-22(24)28(39)40)41-26-23(29(30,31)32)3-2-12-33-26/h2-9,12,15,19,36H,10-11,13-14,16-17H2,1H3,(H,39,40). The number of carbonyl (C=O) groups excluding carboxylic acids is 2. The number of nitrogens with zero attached hydrogens (tertiary/aromatic N) is 3. The molecule has 0 atom stereocenters. The van der Waals surface area contributed by atoms with E-state index in [2.05, 4.69) is 4.98 Å². The number of alkyl halides is 3. The number of carboxylic acid groups (broad SMARTS) is 1. The van der Waals surface area contributed by atoms with E-state index in [1.807, 2.05) is 6.92 Å². The number of aryl methyl sites for hydroxylation is 1. The number of ether oxygens (including phenoxy) is 1. The molecule has 216 valence electrons. The molecule has 4 rings (SSSR count). The van der Waals surface area contributed by atoms with Crippen LogP contribution in [-0.2, 0) is 11.0 Å². The molecule has 9 nitrogen and oxygen atoms in total. The van der Waals surface area contributed by atoms with Gasteiger partial charge in [-0.25, -0.2) is 9.78 Å². The number of benzene rings is 2. The van der Waals surface area contributed by atoms with Gasteiger partial charge in [0.15, 0.2) is 0 Å². The van der Waals surface area contributed by atoms with Crippen molar-refractivity contribution in [1.29, 1.82) is 0 Å². The molecule has 0 bridgehead atoms. The maximum Gasteiger partial charge on any atom is 0.421 e. The number of hydrogen-bond acceptors (Lipinski definition) is 6. The molecule has 41 heavy (non-hydrogen) atoms. The van der Waals surface area contributed by atoms with Crippen LogP contribution < -0.4 is 9.64 Å². The molecule has 0 unspecified atom stereocenters. The van der Waals surface area contributed by atoms with Gasteiger partial charge < -0.3 is 19.8 Å². The van der Waals surface area contributed by atoms with Crippen molar-refractivity contribution in [2.24, 2.45) is 5.92 Å². The van der Waals surface area contributed by atoms with Crippen molar-refractivity contribution in [2.75, 3.05) is 31.1 Å². The number of likely N-dealkylation sites (tertiary alicyclic amines) is 1. The second-order valence-electron chi connectivity index (χ2n) is 9.70. The van der Waals surface area contributed by atoms with Gasteiger partial charge in [-0.05, 0) is 68.1 Å². The van der Waals surface area contributed by atoms with E-state index in [1.165, 1.54) is 12.1 Å². The molecule has 2 aromatic carbocycles. The number of carbonyl (C=O) groups is 3. The minimum Gasteiger partial charge on any atom is -0.478 e. The van der Waals surface area contributed by atoms with Crippen LogP contribution in [0.25, 0.3) is 0 Å². The first kappa shape index (κ1) is 29.5. The predicted octanol–water partition coefficient (Wildman–Crippen LogP) is 4.78. The highest BCUT2D eigenvalue weighted by Crippen LogP contribution is 2.37. The van der Waals surface area contributed by atoms with Crippen LogP contribution in [0.2, 0.25) is 0 Å². The molecule has 1 saturated heterocycles. The fourth-order valence-corrected chi connectivity index (χ4v) is 4.50. The van der Waals surface area contributed by atoms with Gasteiger partial charge in [-0.3, -0.25) is 14.5 Å². The highest BCUT2D eigenvalue weighted by molar-refractivity contribution is 6.11. The number of halogens is 3. The summed E-state index contributed by atoms with van der Waals surface area (Å²) in [6.45, 7) is 2.12. The van der Waals surface area contributed by atoms with Crippen LogP contribution in [0.15, 0.2) is 60.8 Å². The zero-order valence-electron chi connectivity index (χ0n) is 22.1. The topological polar surface area (TPSA) is 120 Å². The summed E-state index contributed by atoms with van der Waals surface area (Å²) in [5.74, 6) is -3.48. The molecule has 2 amide bonds. The van der Waals surface area contributed by atoms with E-state index in [-0.39, 0.29) is 29.5 Å². The SMILES string of the molecule is Cc1ccc(C(=O)N(CC(=O)N2CCC(CO)CC2)c2ccc(Oc3ncccc3C(F)(F)F)cc2C(=O)O)cc1. The molecule has 0 aliphatic carbocycles. The number of carboxylic acids is 1. The monoisotopic (exact) mass is 571 g/mol. The molecule has 1 aromatic heterocycles. The third-order valence-corrected chi connectivity index (χ3v) is 6.84. The first-order valence-corrected chi connectivity index (χ1v) is 12.8. The molecule has 0 spiro atoms. The van der Waals surface area contributed by atoms with E-state index in [9.17, 15) is 37.8 Å². The normalized spacial score (nSPS) is 14.0. The average molecular weight is 572 g/mol. The second kappa shape index (κ2) is 12.4. The summed E-state index contributed by atoms with van der Waals surface area (Å²) in [5, 5.41) is 19.4. The van der Waals surface area contributed by atoms with Crippen molar-refractivity contribution >= 4 is 23.5 Å². The number of rotatable bonds is 8. The number of anilines is 1. The van der Waals surface area contributed by atoms with Gasteiger partial charge in [0, 0.05) is 31.5 Å². The van der Waals surface area contributed by atoms with Crippen molar-refractivity contribution in [3.8, 4) is 11.6 Å². The van der Waals surface area contributed by atoms with E-state index in [0.717, 1.165) is 34.9 Å². The lowest BCUT2D eigenvalue weighted by molar-refractivity contribution is -0.139. The Kier molecular flexibility index (Phi) is 8.92. The lowest BCUT2D eigenvalue weighted by Crippen LogP contribution is -2.46. The molecule has 0 radical (unpaired) electrons. The van der Waals surface area contributed by atoms with Crippen LogP contribution in [0.3, 0.4) is 0 Å². The molecule has 2 heterocycles. The first-order chi connectivity index (χ1) is 19.5. The molecular formula is C29H28F3N3O6. The number of aromatic carboxylic acids is 1. The molecule has 1 aliphatic heterocycles. The summed E-state index contributed by atoms with van der Waals surface area (Å²) in [5.41, 5.74) is -0.642. The lowest BCUT2D eigenvalue weighted by atomic mass is 9.98. The molecular weight excluding hydrogens is 543 g/mol. The zero-order valence-corrected chi connectivity index (χ0v) is 22.1. The molecule has 1 fully saturated rings. The molecule has 3 aromatic rings. The van der Waals surface area contributed by atoms with Gasteiger partial charge in [0.1, 0.15) is 17.9 Å². The van der Waals surface area contributed by atoms with Crippen LogP contribution in [0, 0.1) is 12.8 Å². The number of aliphatic hydroxyl groups excluding tert-OH is 1. The molecule has 2 N–H and O–H groups in total. The number of aromatic nitrogens is 1. The van der Waals surface area contributed by atoms with Crippen molar-refractivity contribution in [1.82, 2.24) is 9.88 Å². The summed E-state index contributed by atoms with van der Waals surface area (Å²) >= 11 is 0.